The van der Waals surface area contributed by atoms with E-state index in [9.17, 15) is 9.18 Å². The highest BCUT2D eigenvalue weighted by Gasteiger charge is 2.28. The molecule has 1 aliphatic rings. The number of nitrogens with one attached hydrogen (secondary N) is 1. The smallest absolute Gasteiger partial charge is 0.229 e. The number of hydrogen-bond donors (Lipinski definition) is 1. The topological polar surface area (TPSA) is 54.5 Å². The molecule has 1 unspecified atom stereocenters. The van der Waals surface area contributed by atoms with Gasteiger partial charge in [-0.15, -0.1) is 0 Å². The van der Waals surface area contributed by atoms with Crippen LogP contribution in [0, 0.1) is 18.7 Å². The number of hydrogen-bond acceptors (Lipinski definition) is 5. The number of amides is 1. The Kier molecular flexibility index (Phi) is 5.17. The lowest BCUT2D eigenvalue weighted by atomic mass is 9.97. The molecule has 0 saturated carbocycles. The van der Waals surface area contributed by atoms with Crippen molar-refractivity contribution in [1.29, 1.82) is 0 Å². The summed E-state index contributed by atoms with van der Waals surface area (Å²) in [7, 11) is 1.59. The molecular formula is C21H22FN3O2S. The number of carbonyl (C=O) groups excluding carboxylic acids is 1. The van der Waals surface area contributed by atoms with Crippen LogP contribution in [0.4, 0.5) is 15.2 Å². The summed E-state index contributed by atoms with van der Waals surface area (Å²) in [6.07, 6.45) is 1.71. The molecule has 3 aromatic rings. The van der Waals surface area contributed by atoms with Gasteiger partial charge in [-0.25, -0.2) is 9.37 Å². The van der Waals surface area contributed by atoms with E-state index in [0.29, 0.717) is 23.5 Å². The third kappa shape index (κ3) is 3.67. The number of nitrogens with zero attached hydrogens (tertiary/aromatic N) is 2. The predicted molar refractivity (Wildman–Crippen MR) is 111 cm³/mol. The van der Waals surface area contributed by atoms with Crippen molar-refractivity contribution in [2.75, 3.05) is 30.4 Å². The highest BCUT2D eigenvalue weighted by molar-refractivity contribution is 7.22. The number of aromatic nitrogens is 1. The first-order valence-electron chi connectivity index (χ1n) is 9.30. The standard InChI is InChI=1S/C21H22FN3O2S/c1-13-8-9-17(27-2)16(11-13)23-20(26)14-5-4-10-25(12-14)21-24-19-15(22)6-3-7-18(19)28-21/h3,6-9,11,14H,4-5,10,12H2,1-2H3,(H,23,26). The summed E-state index contributed by atoms with van der Waals surface area (Å²) in [5.74, 6) is 0.155. The van der Waals surface area contributed by atoms with Gasteiger partial charge >= 0.3 is 0 Å². The predicted octanol–water partition coefficient (Wildman–Crippen LogP) is 4.61. The van der Waals surface area contributed by atoms with E-state index in [1.807, 2.05) is 31.2 Å². The fraction of sp³-hybridized carbons (Fsp3) is 0.333. The third-order valence-corrected chi connectivity index (χ3v) is 6.12. The summed E-state index contributed by atoms with van der Waals surface area (Å²) in [5, 5.41) is 3.78. The minimum atomic E-state index is -0.308. The van der Waals surface area contributed by atoms with Crippen LogP contribution in [0.5, 0.6) is 5.75 Å². The van der Waals surface area contributed by atoms with Crippen molar-refractivity contribution in [1.82, 2.24) is 4.98 Å². The van der Waals surface area contributed by atoms with Crippen LogP contribution in [0.1, 0.15) is 18.4 Å². The molecule has 2 aromatic carbocycles. The lowest BCUT2D eigenvalue weighted by Gasteiger charge is -2.31. The number of methoxy groups -OCH3 is 1. The fourth-order valence-electron chi connectivity index (χ4n) is 3.56. The average Bonchev–Trinajstić information content (AvgIpc) is 3.14. The van der Waals surface area contributed by atoms with Crippen molar-refractivity contribution < 1.29 is 13.9 Å². The summed E-state index contributed by atoms with van der Waals surface area (Å²) >= 11 is 1.47. The summed E-state index contributed by atoms with van der Waals surface area (Å²) in [6.45, 7) is 3.37. The number of fused-ring (bicyclic) bond motifs is 1. The monoisotopic (exact) mass is 399 g/mol. The molecule has 0 radical (unpaired) electrons. The number of aryl methyl sites for hydroxylation is 1. The lowest BCUT2D eigenvalue weighted by Crippen LogP contribution is -2.40. The molecule has 1 N–H and O–H groups in total. The first-order valence-corrected chi connectivity index (χ1v) is 10.1. The number of rotatable bonds is 4. The lowest BCUT2D eigenvalue weighted by molar-refractivity contribution is -0.120. The second kappa shape index (κ2) is 7.75. The Bertz CT molecular complexity index is 1020. The van der Waals surface area contributed by atoms with Crippen molar-refractivity contribution >= 4 is 38.3 Å². The van der Waals surface area contributed by atoms with Crippen LogP contribution in [0.25, 0.3) is 10.2 Å². The van der Waals surface area contributed by atoms with Crippen molar-refractivity contribution in [3.63, 3.8) is 0 Å². The van der Waals surface area contributed by atoms with Crippen LogP contribution in [-0.4, -0.2) is 31.1 Å². The van der Waals surface area contributed by atoms with Gasteiger partial charge in [-0.05, 0) is 49.6 Å². The van der Waals surface area contributed by atoms with Gasteiger partial charge in [0.1, 0.15) is 17.1 Å². The number of benzene rings is 2. The summed E-state index contributed by atoms with van der Waals surface area (Å²) in [6, 6.07) is 10.7. The number of thiazole rings is 1. The molecule has 0 aliphatic carbocycles. The van der Waals surface area contributed by atoms with Crippen LogP contribution in [0.3, 0.4) is 0 Å². The SMILES string of the molecule is COc1ccc(C)cc1NC(=O)C1CCCN(c2nc3c(F)cccc3s2)C1. The van der Waals surface area contributed by atoms with Gasteiger partial charge in [-0.1, -0.05) is 23.5 Å². The fourth-order valence-corrected chi connectivity index (χ4v) is 4.57. The first-order chi connectivity index (χ1) is 13.5. The van der Waals surface area contributed by atoms with E-state index in [1.165, 1.54) is 17.4 Å². The number of carbonyl (C=O) groups is 1. The number of piperidine rings is 1. The van der Waals surface area contributed by atoms with Gasteiger partial charge in [0.25, 0.3) is 0 Å². The minimum Gasteiger partial charge on any atom is -0.495 e. The number of para-hydroxylation sites is 1. The first kappa shape index (κ1) is 18.7. The molecule has 5 nitrogen and oxygen atoms in total. The van der Waals surface area contributed by atoms with Gasteiger partial charge in [-0.2, -0.15) is 0 Å². The number of halogens is 1. The second-order valence-electron chi connectivity index (χ2n) is 7.06. The zero-order valence-corrected chi connectivity index (χ0v) is 16.7. The quantitative estimate of drug-likeness (QED) is 0.696. The van der Waals surface area contributed by atoms with Crippen molar-refractivity contribution in [2.45, 2.75) is 19.8 Å². The molecule has 2 heterocycles. The Balaban J connectivity index is 1.51. The summed E-state index contributed by atoms with van der Waals surface area (Å²) < 4.78 is 20.1. The third-order valence-electron chi connectivity index (χ3n) is 5.03. The number of anilines is 2. The molecule has 146 valence electrons. The van der Waals surface area contributed by atoms with Crippen LogP contribution >= 0.6 is 11.3 Å². The molecule has 1 amide bonds. The maximum Gasteiger partial charge on any atom is 0.229 e. The maximum absolute atomic E-state index is 14.0. The molecule has 0 bridgehead atoms. The molecule has 1 saturated heterocycles. The molecule has 7 heteroatoms. The van der Waals surface area contributed by atoms with E-state index < -0.39 is 0 Å². The molecule has 4 rings (SSSR count). The van der Waals surface area contributed by atoms with Crippen LogP contribution in [0.2, 0.25) is 0 Å². The van der Waals surface area contributed by atoms with Gasteiger partial charge in [0, 0.05) is 13.1 Å². The average molecular weight is 399 g/mol. The Hall–Kier alpha value is -2.67. The molecule has 0 spiro atoms. The van der Waals surface area contributed by atoms with Gasteiger partial charge in [0.2, 0.25) is 5.91 Å². The van der Waals surface area contributed by atoms with E-state index in [1.54, 1.807) is 13.2 Å². The summed E-state index contributed by atoms with van der Waals surface area (Å²) in [5.41, 5.74) is 2.14. The minimum absolute atomic E-state index is 0.0270. The van der Waals surface area contributed by atoms with Crippen LogP contribution in [-0.2, 0) is 4.79 Å². The van der Waals surface area contributed by atoms with Gasteiger partial charge in [0.05, 0.1) is 23.4 Å². The van der Waals surface area contributed by atoms with E-state index in [-0.39, 0.29) is 17.6 Å². The van der Waals surface area contributed by atoms with E-state index in [0.717, 1.165) is 34.8 Å². The molecule has 1 fully saturated rings. The van der Waals surface area contributed by atoms with Gasteiger partial charge in [0.15, 0.2) is 5.13 Å². The van der Waals surface area contributed by atoms with Gasteiger partial charge < -0.3 is 15.0 Å². The largest absolute Gasteiger partial charge is 0.495 e. The summed E-state index contributed by atoms with van der Waals surface area (Å²) in [4.78, 5) is 19.4. The van der Waals surface area contributed by atoms with E-state index in [2.05, 4.69) is 15.2 Å². The zero-order valence-electron chi connectivity index (χ0n) is 15.9. The Morgan fingerprint density at radius 1 is 1.36 bits per heavy atom. The molecular weight excluding hydrogens is 377 g/mol. The second-order valence-corrected chi connectivity index (χ2v) is 8.07. The van der Waals surface area contributed by atoms with Gasteiger partial charge in [-0.3, -0.25) is 4.79 Å². The molecule has 1 atom stereocenters. The van der Waals surface area contributed by atoms with Crippen LogP contribution in [0.15, 0.2) is 36.4 Å². The van der Waals surface area contributed by atoms with E-state index >= 15 is 0 Å². The molecule has 28 heavy (non-hydrogen) atoms. The molecule has 1 aromatic heterocycles. The Labute approximate surface area is 167 Å². The van der Waals surface area contributed by atoms with Crippen LogP contribution < -0.4 is 15.0 Å². The van der Waals surface area contributed by atoms with Crippen molar-refractivity contribution in [3.05, 3.63) is 47.8 Å². The highest BCUT2D eigenvalue weighted by atomic mass is 32.1. The zero-order chi connectivity index (χ0) is 19.7. The van der Waals surface area contributed by atoms with E-state index in [4.69, 9.17) is 4.74 Å². The Morgan fingerprint density at radius 3 is 3.00 bits per heavy atom. The molecule has 1 aliphatic heterocycles. The van der Waals surface area contributed by atoms with Crippen molar-refractivity contribution in [3.8, 4) is 5.75 Å². The Morgan fingerprint density at radius 2 is 2.21 bits per heavy atom. The highest BCUT2D eigenvalue weighted by Crippen LogP contribution is 2.33. The number of ether oxygens (including phenoxy) is 1. The van der Waals surface area contributed by atoms with Crippen molar-refractivity contribution in [2.24, 2.45) is 5.92 Å². The normalized spacial score (nSPS) is 17.0. The maximum atomic E-state index is 14.0.